The molecule has 0 atom stereocenters. The van der Waals surface area contributed by atoms with Gasteiger partial charge < -0.3 is 8.98 Å². The van der Waals surface area contributed by atoms with E-state index in [-0.39, 0.29) is 0 Å². The Kier molecular flexibility index (Phi) is 8.35. The first kappa shape index (κ1) is 35.4. The molecule has 12 rings (SSSR count). The average molecular weight is 795 g/mol. The number of para-hydroxylation sites is 2. The average Bonchev–Trinajstić information content (AvgIpc) is 3.90. The lowest BCUT2D eigenvalue weighted by Crippen LogP contribution is -2.04. The van der Waals surface area contributed by atoms with Crippen molar-refractivity contribution in [3.63, 3.8) is 0 Å². The fourth-order valence-corrected chi connectivity index (χ4v) is 8.58. The second-order valence-corrected chi connectivity index (χ2v) is 15.2. The molecule has 0 saturated heterocycles. The third kappa shape index (κ3) is 6.02. The Bertz CT molecular complexity index is 3510. The van der Waals surface area contributed by atoms with Gasteiger partial charge in [-0.15, -0.1) is 0 Å². The van der Waals surface area contributed by atoms with Gasteiger partial charge in [-0.25, -0.2) is 24.9 Å². The van der Waals surface area contributed by atoms with E-state index in [0.29, 0.717) is 23.3 Å². The fraction of sp³-hybridized carbons (Fsp3) is 0. The summed E-state index contributed by atoms with van der Waals surface area (Å²) in [5, 5.41) is 4.34. The Morgan fingerprint density at radius 1 is 0.339 bits per heavy atom. The smallest absolute Gasteiger partial charge is 0.166 e. The zero-order valence-electron chi connectivity index (χ0n) is 33.2. The maximum Gasteiger partial charge on any atom is 0.166 e. The normalized spacial score (nSPS) is 11.5. The summed E-state index contributed by atoms with van der Waals surface area (Å²) in [6.07, 6.45) is 0. The van der Waals surface area contributed by atoms with Gasteiger partial charge in [-0.1, -0.05) is 158 Å². The van der Waals surface area contributed by atoms with Crippen LogP contribution in [0.25, 0.3) is 117 Å². The number of benzene rings is 8. The van der Waals surface area contributed by atoms with E-state index >= 15 is 0 Å². The van der Waals surface area contributed by atoms with Crippen LogP contribution in [0.15, 0.2) is 211 Å². The maximum atomic E-state index is 6.50. The zero-order valence-corrected chi connectivity index (χ0v) is 33.2. The van der Waals surface area contributed by atoms with E-state index in [1.807, 2.05) is 109 Å². The molecule has 7 heteroatoms. The van der Waals surface area contributed by atoms with Gasteiger partial charge in [0, 0.05) is 49.5 Å². The van der Waals surface area contributed by atoms with E-state index in [9.17, 15) is 0 Å². The Hall–Kier alpha value is -8.55. The van der Waals surface area contributed by atoms with Crippen LogP contribution >= 0.6 is 0 Å². The van der Waals surface area contributed by atoms with Crippen molar-refractivity contribution in [2.45, 2.75) is 0 Å². The highest BCUT2D eigenvalue weighted by Crippen LogP contribution is 2.43. The topological polar surface area (TPSA) is 82.5 Å². The van der Waals surface area contributed by atoms with Crippen LogP contribution in [0.2, 0.25) is 0 Å². The second kappa shape index (κ2) is 14.6. The van der Waals surface area contributed by atoms with E-state index in [4.69, 9.17) is 29.3 Å². The first-order chi connectivity index (χ1) is 30.7. The molecule has 0 amide bonds. The molecule has 4 aromatic heterocycles. The molecular weight excluding hydrogens is 761 g/mol. The summed E-state index contributed by atoms with van der Waals surface area (Å²) in [6.45, 7) is 0. The van der Waals surface area contributed by atoms with E-state index < -0.39 is 0 Å². The lowest BCUT2D eigenvalue weighted by molar-refractivity contribution is 0.669. The molecule has 290 valence electrons. The predicted octanol–water partition coefficient (Wildman–Crippen LogP) is 13.7. The second-order valence-electron chi connectivity index (χ2n) is 15.2. The standard InChI is InChI=1S/C55H34N6O/c1-5-17-35(18-6-1)44-34-45(36-19-7-2-8-20-36)57-54(56-44)39-29-31-47(43(33-39)55-59-52(37-21-9-3-10-22-37)58-53(60-55)38-23-11-4-12-24-38)61-46-27-15-13-25-40(46)41-30-32-49-50(51(41)61)42-26-14-16-28-48(42)62-49/h1-34H. The molecule has 0 aliphatic carbocycles. The molecule has 0 unspecified atom stereocenters. The summed E-state index contributed by atoms with van der Waals surface area (Å²) in [4.78, 5) is 26.2. The number of furan rings is 1. The largest absolute Gasteiger partial charge is 0.456 e. The molecular formula is C55H34N6O. The van der Waals surface area contributed by atoms with Gasteiger partial charge in [0.2, 0.25) is 0 Å². The van der Waals surface area contributed by atoms with Crippen molar-refractivity contribution in [2.24, 2.45) is 0 Å². The molecule has 0 N–H and O–H groups in total. The van der Waals surface area contributed by atoms with Crippen molar-refractivity contribution in [1.82, 2.24) is 29.5 Å². The quantitative estimate of drug-likeness (QED) is 0.160. The third-order valence-electron chi connectivity index (χ3n) is 11.5. The monoisotopic (exact) mass is 794 g/mol. The highest BCUT2D eigenvalue weighted by atomic mass is 16.3. The van der Waals surface area contributed by atoms with Crippen LogP contribution in [0.3, 0.4) is 0 Å². The highest BCUT2D eigenvalue weighted by Gasteiger charge is 2.24. The number of nitrogens with zero attached hydrogens (tertiary/aromatic N) is 6. The van der Waals surface area contributed by atoms with Crippen molar-refractivity contribution in [3.8, 4) is 73.8 Å². The van der Waals surface area contributed by atoms with Crippen LogP contribution in [0.4, 0.5) is 0 Å². The molecule has 4 heterocycles. The highest BCUT2D eigenvalue weighted by molar-refractivity contribution is 6.24. The van der Waals surface area contributed by atoms with Gasteiger partial charge in [0.05, 0.1) is 33.5 Å². The van der Waals surface area contributed by atoms with Gasteiger partial charge in [-0.2, -0.15) is 0 Å². The molecule has 0 saturated carbocycles. The van der Waals surface area contributed by atoms with Gasteiger partial charge in [-0.3, -0.25) is 0 Å². The Morgan fingerprint density at radius 3 is 1.48 bits per heavy atom. The summed E-state index contributed by atoms with van der Waals surface area (Å²) in [7, 11) is 0. The fourth-order valence-electron chi connectivity index (χ4n) is 8.58. The summed E-state index contributed by atoms with van der Waals surface area (Å²) in [5.74, 6) is 2.26. The Balaban J connectivity index is 1.19. The van der Waals surface area contributed by atoms with E-state index in [1.165, 1.54) is 0 Å². The van der Waals surface area contributed by atoms with Crippen molar-refractivity contribution in [1.29, 1.82) is 0 Å². The Labute approximate surface area is 356 Å². The van der Waals surface area contributed by atoms with Crippen LogP contribution < -0.4 is 0 Å². The SMILES string of the molecule is c1ccc(-c2cc(-c3ccccc3)nc(-c3ccc(-n4c5ccccc5c5ccc6oc7ccccc7c6c54)c(-c4nc(-c5ccccc5)nc(-c5ccccc5)n4)c3)n2)cc1. The first-order valence-corrected chi connectivity index (χ1v) is 20.6. The predicted molar refractivity (Wildman–Crippen MR) is 250 cm³/mol. The van der Waals surface area contributed by atoms with Gasteiger partial charge in [0.15, 0.2) is 23.3 Å². The number of aromatic nitrogens is 6. The lowest BCUT2D eigenvalue weighted by atomic mass is 10.0. The van der Waals surface area contributed by atoms with Gasteiger partial charge in [-0.05, 0) is 48.5 Å². The van der Waals surface area contributed by atoms with Crippen LogP contribution in [-0.4, -0.2) is 29.5 Å². The summed E-state index contributed by atoms with van der Waals surface area (Å²) >= 11 is 0. The van der Waals surface area contributed by atoms with E-state index in [0.717, 1.165) is 94.2 Å². The van der Waals surface area contributed by atoms with Crippen LogP contribution in [0.5, 0.6) is 0 Å². The summed E-state index contributed by atoms with van der Waals surface area (Å²) in [5.41, 5.74) is 11.7. The molecule has 0 fully saturated rings. The first-order valence-electron chi connectivity index (χ1n) is 20.6. The van der Waals surface area contributed by atoms with Crippen molar-refractivity contribution >= 4 is 43.7 Å². The maximum absolute atomic E-state index is 6.50. The molecule has 8 aromatic carbocycles. The number of hydrogen-bond donors (Lipinski definition) is 0. The molecule has 12 aromatic rings. The van der Waals surface area contributed by atoms with Crippen molar-refractivity contribution in [2.75, 3.05) is 0 Å². The number of hydrogen-bond acceptors (Lipinski definition) is 6. The third-order valence-corrected chi connectivity index (χ3v) is 11.5. The van der Waals surface area contributed by atoms with Gasteiger partial charge in [0.25, 0.3) is 0 Å². The molecule has 62 heavy (non-hydrogen) atoms. The zero-order chi connectivity index (χ0) is 41.0. The molecule has 7 nitrogen and oxygen atoms in total. The summed E-state index contributed by atoms with van der Waals surface area (Å²) in [6, 6.07) is 70.2. The van der Waals surface area contributed by atoms with Crippen LogP contribution in [0, 0.1) is 0 Å². The van der Waals surface area contributed by atoms with Gasteiger partial charge in [0.1, 0.15) is 11.2 Å². The van der Waals surface area contributed by atoms with E-state index in [1.54, 1.807) is 0 Å². The van der Waals surface area contributed by atoms with E-state index in [2.05, 4.69) is 102 Å². The summed E-state index contributed by atoms with van der Waals surface area (Å²) < 4.78 is 8.85. The van der Waals surface area contributed by atoms with Crippen LogP contribution in [0.1, 0.15) is 0 Å². The Morgan fingerprint density at radius 2 is 0.855 bits per heavy atom. The van der Waals surface area contributed by atoms with Crippen molar-refractivity contribution < 1.29 is 4.42 Å². The molecule has 0 aliphatic rings. The van der Waals surface area contributed by atoms with Crippen LogP contribution in [-0.2, 0) is 0 Å². The minimum atomic E-state index is 0.521. The molecule has 0 aliphatic heterocycles. The molecule has 0 radical (unpaired) electrons. The number of fused-ring (bicyclic) bond motifs is 7. The molecule has 0 spiro atoms. The minimum Gasteiger partial charge on any atom is -0.456 e. The minimum absolute atomic E-state index is 0.521. The molecule has 0 bridgehead atoms. The van der Waals surface area contributed by atoms with Crippen molar-refractivity contribution in [3.05, 3.63) is 206 Å². The van der Waals surface area contributed by atoms with Gasteiger partial charge >= 0.3 is 0 Å². The number of rotatable bonds is 7. The lowest BCUT2D eigenvalue weighted by Gasteiger charge is -2.17.